The molecule has 6 heteroatoms. The normalized spacial score (nSPS) is 16.0. The molecule has 0 unspecified atom stereocenters. The summed E-state index contributed by atoms with van der Waals surface area (Å²) < 4.78 is 27.5. The Labute approximate surface area is 131 Å². The van der Waals surface area contributed by atoms with E-state index in [2.05, 4.69) is 0 Å². The lowest BCUT2D eigenvalue weighted by atomic mass is 10.1. The highest BCUT2D eigenvalue weighted by atomic mass is 35.5. The van der Waals surface area contributed by atoms with Crippen LogP contribution in [0.25, 0.3) is 0 Å². The molecule has 1 aliphatic carbocycles. The van der Waals surface area contributed by atoms with Crippen molar-refractivity contribution in [3.63, 3.8) is 0 Å². The largest absolute Gasteiger partial charge is 0.392 e. The van der Waals surface area contributed by atoms with E-state index in [9.17, 15) is 13.5 Å². The van der Waals surface area contributed by atoms with Gasteiger partial charge in [-0.1, -0.05) is 11.6 Å². The molecule has 0 saturated heterocycles. The molecule has 4 nitrogen and oxygen atoms in total. The molecule has 1 aromatic carbocycles. The molecule has 0 heterocycles. The van der Waals surface area contributed by atoms with Crippen LogP contribution in [-0.4, -0.2) is 30.4 Å². The Morgan fingerprint density at radius 2 is 2.00 bits per heavy atom. The highest BCUT2D eigenvalue weighted by molar-refractivity contribution is 7.89. The molecule has 1 saturated carbocycles. The van der Waals surface area contributed by atoms with Crippen LogP contribution < -0.4 is 0 Å². The lowest BCUT2D eigenvalue weighted by Gasteiger charge is -2.27. The van der Waals surface area contributed by atoms with E-state index in [0.717, 1.165) is 12.8 Å². The van der Waals surface area contributed by atoms with Crippen LogP contribution in [0.4, 0.5) is 0 Å². The van der Waals surface area contributed by atoms with Crippen molar-refractivity contribution in [2.45, 2.75) is 51.2 Å². The van der Waals surface area contributed by atoms with Gasteiger partial charge in [0.15, 0.2) is 0 Å². The molecule has 0 aromatic heterocycles. The summed E-state index contributed by atoms with van der Waals surface area (Å²) in [6.07, 6.45) is 2.18. The number of sulfonamides is 1. The monoisotopic (exact) mass is 331 g/mol. The summed E-state index contributed by atoms with van der Waals surface area (Å²) in [5.74, 6) is 0.471. The number of aliphatic hydroxyl groups is 1. The number of hydrogen-bond donors (Lipinski definition) is 1. The molecule has 118 valence electrons. The van der Waals surface area contributed by atoms with Gasteiger partial charge in [0.1, 0.15) is 0 Å². The van der Waals surface area contributed by atoms with Gasteiger partial charge >= 0.3 is 0 Å². The van der Waals surface area contributed by atoms with Crippen LogP contribution in [0, 0.1) is 12.8 Å². The topological polar surface area (TPSA) is 57.6 Å². The Balaban J connectivity index is 2.48. The summed E-state index contributed by atoms with van der Waals surface area (Å²) >= 11 is 6.02. The Morgan fingerprint density at radius 1 is 1.38 bits per heavy atom. The maximum atomic E-state index is 13.0. The van der Waals surface area contributed by atoms with Crippen LogP contribution >= 0.6 is 11.6 Å². The van der Waals surface area contributed by atoms with Gasteiger partial charge in [0.2, 0.25) is 10.0 Å². The highest BCUT2D eigenvalue weighted by Crippen LogP contribution is 2.34. The lowest BCUT2D eigenvalue weighted by molar-refractivity contribution is 0.280. The molecule has 0 atom stereocenters. The third-order valence-corrected chi connectivity index (χ3v) is 6.29. The summed E-state index contributed by atoms with van der Waals surface area (Å²) in [6.45, 7) is 5.81. The van der Waals surface area contributed by atoms with E-state index in [4.69, 9.17) is 11.6 Å². The molecule has 0 bridgehead atoms. The minimum atomic E-state index is -3.60. The quantitative estimate of drug-likeness (QED) is 0.872. The van der Waals surface area contributed by atoms with Gasteiger partial charge in [0, 0.05) is 17.6 Å². The molecule has 0 amide bonds. The Morgan fingerprint density at radius 3 is 2.48 bits per heavy atom. The summed E-state index contributed by atoms with van der Waals surface area (Å²) in [7, 11) is -3.60. The van der Waals surface area contributed by atoms with Gasteiger partial charge in [-0.05, 0) is 62.8 Å². The first kappa shape index (κ1) is 16.7. The smallest absolute Gasteiger partial charge is 0.243 e. The number of hydrogen-bond acceptors (Lipinski definition) is 3. The molecular formula is C15H22ClNO3S. The zero-order valence-corrected chi connectivity index (χ0v) is 14.2. The number of rotatable bonds is 6. The standard InChI is InChI=1S/C15H22ClNO3S/c1-10(2)17(8-12-4-5-12)21(19,20)15-7-14(16)6-13(9-18)11(15)3/h6-7,10,12,18H,4-5,8-9H2,1-3H3. The Hall–Kier alpha value is -0.620. The van der Waals surface area contributed by atoms with Gasteiger partial charge in [-0.15, -0.1) is 0 Å². The predicted molar refractivity (Wildman–Crippen MR) is 83.9 cm³/mol. The van der Waals surface area contributed by atoms with Crippen molar-refractivity contribution in [1.82, 2.24) is 4.31 Å². The first-order valence-electron chi connectivity index (χ1n) is 7.19. The van der Waals surface area contributed by atoms with Crippen LogP contribution in [0.15, 0.2) is 17.0 Å². The number of halogens is 1. The van der Waals surface area contributed by atoms with Crippen LogP contribution in [-0.2, 0) is 16.6 Å². The number of aliphatic hydroxyl groups excluding tert-OH is 1. The third kappa shape index (κ3) is 3.59. The van der Waals surface area contributed by atoms with Crippen molar-refractivity contribution in [2.24, 2.45) is 5.92 Å². The van der Waals surface area contributed by atoms with E-state index in [1.807, 2.05) is 13.8 Å². The average Bonchev–Trinajstić information content (AvgIpc) is 3.21. The Bertz CT molecular complexity index is 624. The van der Waals surface area contributed by atoms with Crippen LogP contribution in [0.3, 0.4) is 0 Å². The zero-order chi connectivity index (χ0) is 15.8. The fourth-order valence-electron chi connectivity index (χ4n) is 2.41. The number of nitrogens with zero attached hydrogens (tertiary/aromatic N) is 1. The van der Waals surface area contributed by atoms with Gasteiger partial charge in [0.25, 0.3) is 0 Å². The fourth-order valence-corrected chi connectivity index (χ4v) is 4.72. The van der Waals surface area contributed by atoms with Gasteiger partial charge in [-0.25, -0.2) is 8.42 Å². The van der Waals surface area contributed by atoms with E-state index in [0.29, 0.717) is 28.6 Å². The predicted octanol–water partition coefficient (Wildman–Crippen LogP) is 2.95. The van der Waals surface area contributed by atoms with Crippen LogP contribution in [0.2, 0.25) is 5.02 Å². The van der Waals surface area contributed by atoms with Gasteiger partial charge in [-0.2, -0.15) is 4.31 Å². The Kier molecular flexibility index (Phi) is 4.98. The second kappa shape index (κ2) is 6.24. The van der Waals surface area contributed by atoms with Crippen LogP contribution in [0.5, 0.6) is 0 Å². The first-order valence-corrected chi connectivity index (χ1v) is 9.01. The lowest BCUT2D eigenvalue weighted by Crippen LogP contribution is -2.38. The van der Waals surface area contributed by atoms with Gasteiger partial charge in [0.05, 0.1) is 11.5 Å². The van der Waals surface area contributed by atoms with Crippen molar-refractivity contribution in [2.75, 3.05) is 6.54 Å². The summed E-state index contributed by atoms with van der Waals surface area (Å²) in [4.78, 5) is 0.202. The first-order chi connectivity index (χ1) is 9.77. The number of benzene rings is 1. The van der Waals surface area contributed by atoms with E-state index >= 15 is 0 Å². The highest BCUT2D eigenvalue weighted by Gasteiger charge is 2.34. The van der Waals surface area contributed by atoms with E-state index in [1.54, 1.807) is 17.3 Å². The maximum absolute atomic E-state index is 13.0. The van der Waals surface area contributed by atoms with Gasteiger partial charge in [-0.3, -0.25) is 0 Å². The van der Waals surface area contributed by atoms with Crippen molar-refractivity contribution in [3.8, 4) is 0 Å². The summed E-state index contributed by atoms with van der Waals surface area (Å²) in [6, 6.07) is 2.98. The second-order valence-corrected chi connectivity index (χ2v) is 8.25. The third-order valence-electron chi connectivity index (χ3n) is 3.90. The zero-order valence-electron chi connectivity index (χ0n) is 12.6. The van der Waals surface area contributed by atoms with Crippen LogP contribution in [0.1, 0.15) is 37.8 Å². The molecular weight excluding hydrogens is 310 g/mol. The van der Waals surface area contributed by atoms with Crippen molar-refractivity contribution in [3.05, 3.63) is 28.3 Å². The molecule has 1 aliphatic rings. The molecule has 0 radical (unpaired) electrons. The average molecular weight is 332 g/mol. The fraction of sp³-hybridized carbons (Fsp3) is 0.600. The maximum Gasteiger partial charge on any atom is 0.243 e. The molecule has 0 spiro atoms. The molecule has 1 aromatic rings. The van der Waals surface area contributed by atoms with Crippen molar-refractivity contribution < 1.29 is 13.5 Å². The van der Waals surface area contributed by atoms with Crippen molar-refractivity contribution in [1.29, 1.82) is 0 Å². The van der Waals surface area contributed by atoms with E-state index in [-0.39, 0.29) is 17.5 Å². The molecule has 1 fully saturated rings. The minimum absolute atomic E-state index is 0.105. The molecule has 2 rings (SSSR count). The van der Waals surface area contributed by atoms with E-state index in [1.165, 1.54) is 6.07 Å². The van der Waals surface area contributed by atoms with E-state index < -0.39 is 10.0 Å². The minimum Gasteiger partial charge on any atom is -0.392 e. The molecule has 21 heavy (non-hydrogen) atoms. The summed E-state index contributed by atoms with van der Waals surface area (Å²) in [5, 5.41) is 9.70. The molecule has 0 aliphatic heterocycles. The summed E-state index contributed by atoms with van der Waals surface area (Å²) in [5.41, 5.74) is 1.12. The SMILES string of the molecule is Cc1c(CO)cc(Cl)cc1S(=O)(=O)N(CC1CC1)C(C)C. The van der Waals surface area contributed by atoms with Crippen molar-refractivity contribution >= 4 is 21.6 Å². The molecule has 1 N–H and O–H groups in total. The van der Waals surface area contributed by atoms with Gasteiger partial charge < -0.3 is 5.11 Å². The second-order valence-electron chi connectivity index (χ2n) is 5.96.